The summed E-state index contributed by atoms with van der Waals surface area (Å²) in [5.74, 6) is 1.98. The predicted octanol–water partition coefficient (Wildman–Crippen LogP) is 2.49. The zero-order valence-electron chi connectivity index (χ0n) is 9.64. The van der Waals surface area contributed by atoms with Crippen LogP contribution in [-0.2, 0) is 12.8 Å². The largest absolute Gasteiger partial charge is 0.370 e. The summed E-state index contributed by atoms with van der Waals surface area (Å²) in [6, 6.07) is 0. The minimum absolute atomic E-state index is 0.897. The van der Waals surface area contributed by atoms with Crippen molar-refractivity contribution in [2.45, 2.75) is 46.0 Å². The van der Waals surface area contributed by atoms with Gasteiger partial charge >= 0.3 is 0 Å². The molecule has 3 nitrogen and oxygen atoms in total. The van der Waals surface area contributed by atoms with E-state index < -0.39 is 0 Å². The molecule has 15 heavy (non-hydrogen) atoms. The van der Waals surface area contributed by atoms with Gasteiger partial charge in [0.25, 0.3) is 0 Å². The first kappa shape index (κ1) is 10.4. The van der Waals surface area contributed by atoms with Crippen molar-refractivity contribution in [3.8, 4) is 0 Å². The van der Waals surface area contributed by atoms with Crippen molar-refractivity contribution in [3.05, 3.63) is 17.1 Å². The lowest BCUT2D eigenvalue weighted by Crippen LogP contribution is -2.14. The number of rotatable bonds is 3. The van der Waals surface area contributed by atoms with Gasteiger partial charge in [0.05, 0.1) is 0 Å². The van der Waals surface area contributed by atoms with Crippen LogP contribution in [0.1, 0.15) is 43.3 Å². The van der Waals surface area contributed by atoms with E-state index in [1.807, 2.05) is 6.92 Å². The van der Waals surface area contributed by atoms with E-state index in [9.17, 15) is 0 Å². The quantitative estimate of drug-likeness (QED) is 0.823. The maximum atomic E-state index is 4.53. The molecule has 1 aliphatic carbocycles. The summed E-state index contributed by atoms with van der Waals surface area (Å²) in [5.41, 5.74) is 2.63. The van der Waals surface area contributed by atoms with Crippen molar-refractivity contribution in [3.63, 3.8) is 0 Å². The van der Waals surface area contributed by atoms with Crippen molar-refractivity contribution in [2.75, 3.05) is 11.9 Å². The first-order valence-electron chi connectivity index (χ1n) is 5.91. The van der Waals surface area contributed by atoms with Gasteiger partial charge in [0, 0.05) is 17.8 Å². The Bertz CT molecular complexity index is 347. The van der Waals surface area contributed by atoms with Crippen LogP contribution in [0.4, 0.5) is 5.82 Å². The predicted molar refractivity (Wildman–Crippen MR) is 62.2 cm³/mol. The van der Waals surface area contributed by atoms with Crippen molar-refractivity contribution >= 4 is 5.82 Å². The summed E-state index contributed by atoms with van der Waals surface area (Å²) in [7, 11) is 0. The Kier molecular flexibility index (Phi) is 3.19. The second-order valence-corrected chi connectivity index (χ2v) is 4.18. The van der Waals surface area contributed by atoms with Gasteiger partial charge in [-0.25, -0.2) is 9.97 Å². The molecule has 1 aliphatic rings. The van der Waals surface area contributed by atoms with Crippen LogP contribution in [0.25, 0.3) is 0 Å². The van der Waals surface area contributed by atoms with Crippen LogP contribution in [0.3, 0.4) is 0 Å². The van der Waals surface area contributed by atoms with Crippen LogP contribution in [0.2, 0.25) is 0 Å². The molecule has 1 heterocycles. The van der Waals surface area contributed by atoms with Crippen LogP contribution >= 0.6 is 0 Å². The highest BCUT2D eigenvalue weighted by atomic mass is 15.0. The Morgan fingerprint density at radius 3 is 2.80 bits per heavy atom. The van der Waals surface area contributed by atoms with Crippen molar-refractivity contribution < 1.29 is 0 Å². The Labute approximate surface area is 91.3 Å². The zero-order valence-corrected chi connectivity index (χ0v) is 9.64. The zero-order chi connectivity index (χ0) is 10.7. The van der Waals surface area contributed by atoms with Crippen molar-refractivity contribution in [1.29, 1.82) is 0 Å². The minimum Gasteiger partial charge on any atom is -0.370 e. The fourth-order valence-electron chi connectivity index (χ4n) is 2.11. The normalized spacial score (nSPS) is 14.8. The average Bonchev–Trinajstić information content (AvgIpc) is 2.25. The van der Waals surface area contributed by atoms with Gasteiger partial charge in [-0.15, -0.1) is 0 Å². The van der Waals surface area contributed by atoms with E-state index >= 15 is 0 Å². The molecule has 0 bridgehead atoms. The van der Waals surface area contributed by atoms with Crippen molar-refractivity contribution in [2.24, 2.45) is 0 Å². The van der Waals surface area contributed by atoms with E-state index in [4.69, 9.17) is 0 Å². The molecule has 0 aliphatic heterocycles. The summed E-state index contributed by atoms with van der Waals surface area (Å²) in [4.78, 5) is 9.03. The molecule has 0 saturated carbocycles. The summed E-state index contributed by atoms with van der Waals surface area (Å²) in [6.07, 6.45) is 5.95. The topological polar surface area (TPSA) is 37.8 Å². The van der Waals surface area contributed by atoms with Gasteiger partial charge in [-0.3, -0.25) is 0 Å². The summed E-state index contributed by atoms with van der Waals surface area (Å²) in [5, 5.41) is 3.41. The fraction of sp³-hybridized carbons (Fsp3) is 0.667. The molecule has 0 unspecified atom stereocenters. The van der Waals surface area contributed by atoms with Gasteiger partial charge in [0.2, 0.25) is 0 Å². The molecule has 0 amide bonds. The van der Waals surface area contributed by atoms with Crippen LogP contribution in [0.5, 0.6) is 0 Å². The van der Waals surface area contributed by atoms with E-state index in [1.165, 1.54) is 24.1 Å². The fourth-order valence-corrected chi connectivity index (χ4v) is 2.11. The second kappa shape index (κ2) is 4.60. The molecule has 1 N–H and O–H groups in total. The lowest BCUT2D eigenvalue weighted by atomic mass is 9.96. The summed E-state index contributed by atoms with van der Waals surface area (Å²) in [6.45, 7) is 5.16. The molecule has 1 aromatic rings. The van der Waals surface area contributed by atoms with Gasteiger partial charge in [0.1, 0.15) is 11.6 Å². The van der Waals surface area contributed by atoms with Gasteiger partial charge in [-0.05, 0) is 39.0 Å². The number of anilines is 1. The molecule has 0 atom stereocenters. The standard InChI is InChI=1S/C12H19N3/c1-3-8-13-12-10-6-4-5-7-11(10)14-9(2)15-12/h3-8H2,1-2H3,(H,13,14,15). The molecular formula is C12H19N3. The number of nitrogens with one attached hydrogen (secondary N) is 1. The number of aryl methyl sites for hydroxylation is 2. The number of fused-ring (bicyclic) bond motifs is 1. The molecule has 82 valence electrons. The highest BCUT2D eigenvalue weighted by Gasteiger charge is 2.16. The Morgan fingerprint density at radius 2 is 2.00 bits per heavy atom. The Hall–Kier alpha value is -1.12. The lowest BCUT2D eigenvalue weighted by Gasteiger charge is -2.18. The third-order valence-electron chi connectivity index (χ3n) is 2.84. The van der Waals surface area contributed by atoms with E-state index in [1.54, 1.807) is 0 Å². The van der Waals surface area contributed by atoms with E-state index in [-0.39, 0.29) is 0 Å². The Balaban J connectivity index is 2.30. The number of hydrogen-bond donors (Lipinski definition) is 1. The molecule has 0 fully saturated rings. The molecule has 3 heteroatoms. The molecular weight excluding hydrogens is 186 g/mol. The number of hydrogen-bond acceptors (Lipinski definition) is 3. The van der Waals surface area contributed by atoms with Crippen LogP contribution < -0.4 is 5.32 Å². The van der Waals surface area contributed by atoms with Gasteiger partial charge in [0.15, 0.2) is 0 Å². The maximum absolute atomic E-state index is 4.53. The van der Waals surface area contributed by atoms with E-state index in [0.29, 0.717) is 0 Å². The Morgan fingerprint density at radius 1 is 1.20 bits per heavy atom. The molecule has 2 rings (SSSR count). The first-order valence-corrected chi connectivity index (χ1v) is 5.91. The second-order valence-electron chi connectivity index (χ2n) is 4.18. The molecule has 0 saturated heterocycles. The van der Waals surface area contributed by atoms with Gasteiger partial charge in [-0.2, -0.15) is 0 Å². The monoisotopic (exact) mass is 205 g/mol. The maximum Gasteiger partial charge on any atom is 0.133 e. The third-order valence-corrected chi connectivity index (χ3v) is 2.84. The molecule has 0 aromatic carbocycles. The highest BCUT2D eigenvalue weighted by molar-refractivity contribution is 5.47. The average molecular weight is 205 g/mol. The van der Waals surface area contributed by atoms with Gasteiger partial charge in [-0.1, -0.05) is 6.92 Å². The summed E-state index contributed by atoms with van der Waals surface area (Å²) < 4.78 is 0. The SMILES string of the molecule is CCCNc1nc(C)nc2c1CCCC2. The molecule has 0 radical (unpaired) electrons. The van der Waals surface area contributed by atoms with Crippen LogP contribution in [0.15, 0.2) is 0 Å². The smallest absolute Gasteiger partial charge is 0.133 e. The van der Waals surface area contributed by atoms with Crippen molar-refractivity contribution in [1.82, 2.24) is 9.97 Å². The lowest BCUT2D eigenvalue weighted by molar-refractivity contribution is 0.659. The van der Waals surface area contributed by atoms with Crippen LogP contribution in [0, 0.1) is 6.92 Å². The van der Waals surface area contributed by atoms with E-state index in [0.717, 1.165) is 37.4 Å². The van der Waals surface area contributed by atoms with Gasteiger partial charge < -0.3 is 5.32 Å². The number of nitrogens with zero attached hydrogens (tertiary/aromatic N) is 2. The first-order chi connectivity index (χ1) is 7.31. The molecule has 1 aromatic heterocycles. The highest BCUT2D eigenvalue weighted by Crippen LogP contribution is 2.25. The van der Waals surface area contributed by atoms with E-state index in [2.05, 4.69) is 22.2 Å². The third kappa shape index (κ3) is 2.28. The molecule has 0 spiro atoms. The minimum atomic E-state index is 0.897. The summed E-state index contributed by atoms with van der Waals surface area (Å²) >= 11 is 0. The number of aromatic nitrogens is 2. The van der Waals surface area contributed by atoms with Crippen LogP contribution in [-0.4, -0.2) is 16.5 Å².